The number of hydrogen-bond acceptors (Lipinski definition) is 3. The fourth-order valence-corrected chi connectivity index (χ4v) is 3.12. The summed E-state index contributed by atoms with van der Waals surface area (Å²) in [6, 6.07) is 0.320. The molecule has 0 aromatic carbocycles. The number of aliphatic imine (C=N–C) groups is 1. The molecular weight excluding hydrogens is 234 g/mol. The summed E-state index contributed by atoms with van der Waals surface area (Å²) in [7, 11) is 0. The highest BCUT2D eigenvalue weighted by Gasteiger charge is 2.34. The fourth-order valence-electron chi connectivity index (χ4n) is 3.12. The molecule has 1 atom stereocenters. The topological polar surface area (TPSA) is 36.4 Å². The number of rotatable bonds is 2. The summed E-state index contributed by atoms with van der Waals surface area (Å²) in [6.07, 6.45) is 1.12. The zero-order chi connectivity index (χ0) is 14.9. The van der Waals surface area contributed by atoms with Crippen molar-refractivity contribution in [2.24, 2.45) is 15.8 Å². The lowest BCUT2D eigenvalue weighted by Crippen LogP contribution is -2.59. The van der Waals surface area contributed by atoms with E-state index < -0.39 is 0 Å². The largest absolute Gasteiger partial charge is 0.368 e. The average Bonchev–Trinajstić information content (AvgIpc) is 2.11. The van der Waals surface area contributed by atoms with Crippen LogP contribution in [0.15, 0.2) is 4.99 Å². The van der Waals surface area contributed by atoms with Crippen LogP contribution in [0, 0.1) is 10.8 Å². The van der Waals surface area contributed by atoms with Gasteiger partial charge in [-0.1, -0.05) is 41.5 Å². The van der Waals surface area contributed by atoms with Crippen LogP contribution in [0.1, 0.15) is 61.8 Å². The Kier molecular flexibility index (Phi) is 4.71. The highest BCUT2D eigenvalue weighted by Crippen LogP contribution is 2.28. The van der Waals surface area contributed by atoms with Crippen LogP contribution in [0.25, 0.3) is 0 Å². The molecule has 1 aliphatic heterocycles. The second-order valence-corrected chi connectivity index (χ2v) is 8.77. The monoisotopic (exact) mass is 267 g/mol. The first-order valence-corrected chi connectivity index (χ1v) is 7.47. The molecule has 0 aromatic heterocycles. The van der Waals surface area contributed by atoms with Crippen molar-refractivity contribution in [2.75, 3.05) is 13.1 Å². The van der Waals surface area contributed by atoms with Gasteiger partial charge in [0.2, 0.25) is 0 Å². The maximum Gasteiger partial charge on any atom is 0.115 e. The predicted molar refractivity (Wildman–Crippen MR) is 84.8 cm³/mol. The van der Waals surface area contributed by atoms with Crippen LogP contribution in [0.2, 0.25) is 0 Å². The van der Waals surface area contributed by atoms with E-state index in [1.54, 1.807) is 0 Å². The highest BCUT2D eigenvalue weighted by molar-refractivity contribution is 5.89. The van der Waals surface area contributed by atoms with E-state index in [0.29, 0.717) is 11.5 Å². The molecule has 2 N–H and O–H groups in total. The summed E-state index contributed by atoms with van der Waals surface area (Å²) in [5, 5.41) is 7.30. The molecule has 0 fully saturated rings. The minimum absolute atomic E-state index is 0.0691. The van der Waals surface area contributed by atoms with Gasteiger partial charge in [0.25, 0.3) is 0 Å². The van der Waals surface area contributed by atoms with E-state index in [4.69, 9.17) is 4.99 Å². The first kappa shape index (κ1) is 16.5. The molecule has 3 heteroatoms. The van der Waals surface area contributed by atoms with Crippen molar-refractivity contribution in [3.63, 3.8) is 0 Å². The van der Waals surface area contributed by atoms with Gasteiger partial charge in [-0.3, -0.25) is 4.99 Å². The summed E-state index contributed by atoms with van der Waals surface area (Å²) in [4.78, 5) is 4.74. The van der Waals surface area contributed by atoms with E-state index in [9.17, 15) is 0 Å². The van der Waals surface area contributed by atoms with Crippen LogP contribution in [-0.2, 0) is 0 Å². The Morgan fingerprint density at radius 2 is 1.68 bits per heavy atom. The van der Waals surface area contributed by atoms with Crippen LogP contribution in [0.5, 0.6) is 0 Å². The molecule has 1 rings (SSSR count). The Hall–Kier alpha value is -0.570. The number of nitrogens with zero attached hydrogens (tertiary/aromatic N) is 1. The van der Waals surface area contributed by atoms with Crippen molar-refractivity contribution in [1.82, 2.24) is 10.6 Å². The Morgan fingerprint density at radius 3 is 2.16 bits per heavy atom. The lowest BCUT2D eigenvalue weighted by molar-refractivity contribution is 0.255. The van der Waals surface area contributed by atoms with Gasteiger partial charge in [0.15, 0.2) is 0 Å². The quantitative estimate of drug-likeness (QED) is 0.806. The molecule has 0 saturated heterocycles. The van der Waals surface area contributed by atoms with Crippen LogP contribution in [-0.4, -0.2) is 30.5 Å². The van der Waals surface area contributed by atoms with E-state index in [0.717, 1.165) is 25.3 Å². The van der Waals surface area contributed by atoms with Crippen LogP contribution in [0.3, 0.4) is 0 Å². The summed E-state index contributed by atoms with van der Waals surface area (Å²) < 4.78 is 0. The lowest BCUT2D eigenvalue weighted by Gasteiger charge is -2.41. The Labute approximate surface area is 119 Å². The van der Waals surface area contributed by atoms with Gasteiger partial charge >= 0.3 is 0 Å². The molecule has 0 aromatic rings. The minimum Gasteiger partial charge on any atom is -0.368 e. The number of amidine groups is 1. The second kappa shape index (κ2) is 5.43. The number of nitrogens with one attached hydrogen (secondary N) is 2. The Balaban J connectivity index is 2.81. The van der Waals surface area contributed by atoms with Gasteiger partial charge in [0.05, 0.1) is 12.6 Å². The molecular formula is C16H33N3. The highest BCUT2D eigenvalue weighted by atomic mass is 15.1. The van der Waals surface area contributed by atoms with Crippen molar-refractivity contribution in [3.05, 3.63) is 0 Å². The maximum absolute atomic E-state index is 4.74. The molecule has 0 aliphatic carbocycles. The average molecular weight is 267 g/mol. The fraction of sp³-hybridized carbons (Fsp3) is 0.938. The Morgan fingerprint density at radius 1 is 1.11 bits per heavy atom. The molecule has 0 unspecified atom stereocenters. The minimum atomic E-state index is 0.0691. The molecule has 19 heavy (non-hydrogen) atoms. The smallest absolute Gasteiger partial charge is 0.115 e. The first-order chi connectivity index (χ1) is 8.41. The molecule has 0 saturated carbocycles. The van der Waals surface area contributed by atoms with E-state index in [2.05, 4.69) is 66.0 Å². The van der Waals surface area contributed by atoms with Crippen molar-refractivity contribution in [1.29, 1.82) is 0 Å². The third-order valence-electron chi connectivity index (χ3n) is 3.32. The molecule has 0 amide bonds. The summed E-state index contributed by atoms with van der Waals surface area (Å²) in [5.41, 5.74) is 0.569. The summed E-state index contributed by atoms with van der Waals surface area (Å²) >= 11 is 0. The van der Waals surface area contributed by atoms with E-state index in [1.165, 1.54) is 0 Å². The third kappa shape index (κ3) is 5.52. The van der Waals surface area contributed by atoms with Crippen molar-refractivity contribution >= 4 is 5.84 Å². The standard InChI is InChI=1S/C16H33N3/c1-14(2,3)11-16(7,8)19-13-12(15(4,5)6)17-9-10-18-13/h12,17H,9-11H2,1-8H3,(H,18,19)/t12-/m1/s1. The zero-order valence-electron chi connectivity index (χ0n) is 14.1. The molecule has 0 bridgehead atoms. The zero-order valence-corrected chi connectivity index (χ0v) is 14.1. The van der Waals surface area contributed by atoms with Gasteiger partial charge in [0.1, 0.15) is 5.84 Å². The van der Waals surface area contributed by atoms with Crippen LogP contribution >= 0.6 is 0 Å². The summed E-state index contributed by atoms with van der Waals surface area (Å²) in [5.74, 6) is 1.13. The van der Waals surface area contributed by atoms with Crippen LogP contribution < -0.4 is 10.6 Å². The lowest BCUT2D eigenvalue weighted by atomic mass is 9.80. The Bertz CT molecular complexity index is 329. The van der Waals surface area contributed by atoms with E-state index in [1.807, 2.05) is 0 Å². The third-order valence-corrected chi connectivity index (χ3v) is 3.32. The van der Waals surface area contributed by atoms with Gasteiger partial charge in [-0.15, -0.1) is 0 Å². The maximum atomic E-state index is 4.74. The first-order valence-electron chi connectivity index (χ1n) is 7.47. The second-order valence-electron chi connectivity index (χ2n) is 8.77. The van der Waals surface area contributed by atoms with Gasteiger partial charge < -0.3 is 10.6 Å². The summed E-state index contributed by atoms with van der Waals surface area (Å²) in [6.45, 7) is 20.1. The van der Waals surface area contributed by atoms with E-state index >= 15 is 0 Å². The molecule has 1 aliphatic rings. The predicted octanol–water partition coefficient (Wildman–Crippen LogP) is 3.21. The molecule has 1 heterocycles. The van der Waals surface area contributed by atoms with E-state index in [-0.39, 0.29) is 11.0 Å². The van der Waals surface area contributed by atoms with Crippen LogP contribution in [0.4, 0.5) is 0 Å². The van der Waals surface area contributed by atoms with Crippen molar-refractivity contribution in [3.8, 4) is 0 Å². The molecule has 0 radical (unpaired) electrons. The van der Waals surface area contributed by atoms with Gasteiger partial charge in [0, 0.05) is 12.1 Å². The SMILES string of the molecule is CC(C)(C)CC(C)(C)NC1=NCCN[C@H]1C(C)(C)C. The van der Waals surface area contributed by atoms with Gasteiger partial charge in [-0.05, 0) is 31.1 Å². The normalized spacial score (nSPS) is 22.1. The molecule has 0 spiro atoms. The number of hydrogen-bond donors (Lipinski definition) is 2. The van der Waals surface area contributed by atoms with Crippen molar-refractivity contribution < 1.29 is 0 Å². The van der Waals surface area contributed by atoms with Gasteiger partial charge in [-0.2, -0.15) is 0 Å². The molecule has 112 valence electrons. The van der Waals surface area contributed by atoms with Crippen molar-refractivity contribution in [2.45, 2.75) is 73.4 Å². The molecule has 3 nitrogen and oxygen atoms in total. The van der Waals surface area contributed by atoms with Gasteiger partial charge in [-0.25, -0.2) is 0 Å².